The van der Waals surface area contributed by atoms with Crippen LogP contribution in [0.1, 0.15) is 31.4 Å². The number of ether oxygens (including phenoxy) is 1. The molecule has 2 aliphatic heterocycles. The summed E-state index contributed by atoms with van der Waals surface area (Å²) in [5.41, 5.74) is 0.769. The maximum Gasteiger partial charge on any atom is 0.138 e. The van der Waals surface area contributed by atoms with E-state index in [1.807, 2.05) is 0 Å². The van der Waals surface area contributed by atoms with Crippen molar-refractivity contribution in [1.82, 2.24) is 14.5 Å². The molecule has 0 aromatic carbocycles. The lowest BCUT2D eigenvalue weighted by Crippen LogP contribution is -2.50. The Morgan fingerprint density at radius 1 is 1.47 bits per heavy atom. The molecule has 0 saturated carbocycles. The van der Waals surface area contributed by atoms with Crippen molar-refractivity contribution in [1.29, 1.82) is 0 Å². The first-order valence-corrected chi connectivity index (χ1v) is 7.83. The first-order valence-electron chi connectivity index (χ1n) is 6.68. The zero-order valence-electron chi connectivity index (χ0n) is 10.7. The maximum absolute atomic E-state index is 9.81. The van der Waals surface area contributed by atoms with E-state index in [1.165, 1.54) is 11.5 Å². The van der Waals surface area contributed by atoms with Gasteiger partial charge in [0.2, 0.25) is 0 Å². The fourth-order valence-corrected chi connectivity index (χ4v) is 3.58. The van der Waals surface area contributed by atoms with Crippen molar-refractivity contribution < 1.29 is 9.84 Å². The molecule has 1 spiro atoms. The number of nitrogens with zero attached hydrogens (tertiary/aromatic N) is 3. The Balaban J connectivity index is 1.56. The van der Waals surface area contributed by atoms with Crippen molar-refractivity contribution >= 4 is 23.1 Å². The Morgan fingerprint density at radius 2 is 2.26 bits per heavy atom. The van der Waals surface area contributed by atoms with Crippen LogP contribution in [0.4, 0.5) is 0 Å². The van der Waals surface area contributed by atoms with E-state index in [2.05, 4.69) is 14.5 Å². The quantitative estimate of drug-likeness (QED) is 0.901. The van der Waals surface area contributed by atoms with Crippen LogP contribution in [0.25, 0.3) is 0 Å². The topological polar surface area (TPSA) is 58.5 Å². The van der Waals surface area contributed by atoms with Gasteiger partial charge in [-0.2, -0.15) is 0 Å². The summed E-state index contributed by atoms with van der Waals surface area (Å²) in [6.07, 6.45) is 3.29. The summed E-state index contributed by atoms with van der Waals surface area (Å²) < 4.78 is 10.5. The van der Waals surface area contributed by atoms with E-state index in [-0.39, 0.29) is 11.7 Å². The van der Waals surface area contributed by atoms with Crippen LogP contribution in [0, 0.1) is 0 Å². The first kappa shape index (κ1) is 13.7. The number of piperidine rings is 1. The number of aromatic nitrogens is 2. The normalized spacial score (nSPS) is 27.8. The molecule has 5 nitrogen and oxygen atoms in total. The van der Waals surface area contributed by atoms with Gasteiger partial charge < -0.3 is 9.84 Å². The molecule has 19 heavy (non-hydrogen) atoms. The van der Waals surface area contributed by atoms with Crippen molar-refractivity contribution in [3.05, 3.63) is 10.0 Å². The lowest BCUT2D eigenvalue weighted by atomic mass is 9.83. The Hall–Kier alpha value is -0.270. The molecule has 1 unspecified atom stereocenters. The highest BCUT2D eigenvalue weighted by Gasteiger charge is 2.39. The highest BCUT2D eigenvalue weighted by atomic mass is 35.5. The zero-order chi connectivity index (χ0) is 13.3. The van der Waals surface area contributed by atoms with Crippen LogP contribution in [-0.2, 0) is 11.3 Å². The van der Waals surface area contributed by atoms with Gasteiger partial charge in [-0.1, -0.05) is 16.1 Å². The molecule has 2 fully saturated rings. The maximum atomic E-state index is 9.81. The SMILES string of the molecule is OC1CCOC2(CCN(Cc3nnsc3Cl)CC2)C1. The van der Waals surface area contributed by atoms with Gasteiger partial charge in [-0.15, -0.1) is 5.10 Å². The summed E-state index contributed by atoms with van der Waals surface area (Å²) in [6.45, 7) is 3.36. The third-order valence-corrected chi connectivity index (χ3v) is 5.10. The average molecular weight is 304 g/mol. The molecule has 2 aliphatic rings. The smallest absolute Gasteiger partial charge is 0.138 e. The second-order valence-corrected chi connectivity index (χ2v) is 6.80. The number of likely N-dealkylation sites (tertiary alicyclic amines) is 1. The fourth-order valence-electron chi connectivity index (χ4n) is 2.97. The molecular formula is C12H18ClN3O2S. The lowest BCUT2D eigenvalue weighted by molar-refractivity contribution is -0.143. The van der Waals surface area contributed by atoms with E-state index >= 15 is 0 Å². The van der Waals surface area contributed by atoms with E-state index in [0.717, 1.165) is 51.0 Å². The first-order chi connectivity index (χ1) is 9.17. The Morgan fingerprint density at radius 3 is 2.89 bits per heavy atom. The number of aliphatic hydroxyl groups is 1. The Labute approximate surface area is 121 Å². The summed E-state index contributed by atoms with van der Waals surface area (Å²) in [5, 5.41) is 13.9. The van der Waals surface area contributed by atoms with Crippen LogP contribution in [-0.4, -0.2) is 51.0 Å². The molecule has 106 valence electrons. The molecular weight excluding hydrogens is 286 g/mol. The summed E-state index contributed by atoms with van der Waals surface area (Å²) >= 11 is 7.26. The van der Waals surface area contributed by atoms with Gasteiger partial charge in [0, 0.05) is 44.2 Å². The van der Waals surface area contributed by atoms with Crippen LogP contribution in [0.3, 0.4) is 0 Å². The monoisotopic (exact) mass is 303 g/mol. The van der Waals surface area contributed by atoms with E-state index < -0.39 is 0 Å². The van der Waals surface area contributed by atoms with Crippen LogP contribution in [0.2, 0.25) is 4.34 Å². The molecule has 3 heterocycles. The van der Waals surface area contributed by atoms with Crippen LogP contribution < -0.4 is 0 Å². The average Bonchev–Trinajstić information content (AvgIpc) is 2.78. The molecule has 1 atom stereocenters. The van der Waals surface area contributed by atoms with E-state index in [9.17, 15) is 5.11 Å². The predicted octanol–water partition coefficient (Wildman–Crippen LogP) is 1.70. The lowest BCUT2D eigenvalue weighted by Gasteiger charge is -2.45. The molecule has 1 aromatic rings. The second-order valence-electron chi connectivity index (χ2n) is 5.45. The minimum atomic E-state index is -0.197. The summed E-state index contributed by atoms with van der Waals surface area (Å²) in [6, 6.07) is 0. The number of halogens is 1. The van der Waals surface area contributed by atoms with E-state index in [0.29, 0.717) is 10.9 Å². The van der Waals surface area contributed by atoms with Gasteiger partial charge in [0.05, 0.1) is 11.7 Å². The Kier molecular flexibility index (Phi) is 4.05. The summed E-state index contributed by atoms with van der Waals surface area (Å²) in [4.78, 5) is 2.33. The number of hydrogen-bond donors (Lipinski definition) is 1. The molecule has 0 amide bonds. The highest BCUT2D eigenvalue weighted by Crippen LogP contribution is 2.35. The number of hydrogen-bond acceptors (Lipinski definition) is 6. The van der Waals surface area contributed by atoms with Crippen molar-refractivity contribution in [3.63, 3.8) is 0 Å². The third kappa shape index (κ3) is 3.08. The molecule has 0 aliphatic carbocycles. The molecule has 3 rings (SSSR count). The van der Waals surface area contributed by atoms with Crippen molar-refractivity contribution in [2.45, 2.75) is 43.9 Å². The van der Waals surface area contributed by atoms with Gasteiger partial charge in [0.1, 0.15) is 10.0 Å². The van der Waals surface area contributed by atoms with Gasteiger partial charge in [0.25, 0.3) is 0 Å². The van der Waals surface area contributed by atoms with Crippen molar-refractivity contribution in [3.8, 4) is 0 Å². The minimum Gasteiger partial charge on any atom is -0.393 e. The predicted molar refractivity (Wildman–Crippen MR) is 73.4 cm³/mol. The van der Waals surface area contributed by atoms with Crippen molar-refractivity contribution in [2.24, 2.45) is 0 Å². The third-order valence-electron chi connectivity index (χ3n) is 4.12. The Bertz CT molecular complexity index is 434. The molecule has 1 aromatic heterocycles. The molecule has 1 N–H and O–H groups in total. The van der Waals surface area contributed by atoms with Gasteiger partial charge in [-0.3, -0.25) is 4.90 Å². The molecule has 0 radical (unpaired) electrons. The summed E-state index contributed by atoms with van der Waals surface area (Å²) in [7, 11) is 0. The molecule has 2 saturated heterocycles. The fraction of sp³-hybridized carbons (Fsp3) is 0.833. The number of rotatable bonds is 2. The number of aliphatic hydroxyl groups excluding tert-OH is 1. The van der Waals surface area contributed by atoms with Crippen LogP contribution in [0.15, 0.2) is 0 Å². The largest absolute Gasteiger partial charge is 0.393 e. The van der Waals surface area contributed by atoms with E-state index in [4.69, 9.17) is 16.3 Å². The van der Waals surface area contributed by atoms with Gasteiger partial charge in [-0.05, 0) is 19.3 Å². The van der Waals surface area contributed by atoms with Gasteiger partial charge >= 0.3 is 0 Å². The molecule has 0 bridgehead atoms. The molecule has 7 heteroatoms. The second kappa shape index (κ2) is 5.61. The van der Waals surface area contributed by atoms with Crippen molar-refractivity contribution in [2.75, 3.05) is 19.7 Å². The van der Waals surface area contributed by atoms with Crippen LogP contribution in [0.5, 0.6) is 0 Å². The minimum absolute atomic E-state index is 0.0989. The van der Waals surface area contributed by atoms with E-state index in [1.54, 1.807) is 0 Å². The van der Waals surface area contributed by atoms with Gasteiger partial charge in [-0.25, -0.2) is 0 Å². The summed E-state index contributed by atoms with van der Waals surface area (Å²) in [5.74, 6) is 0. The van der Waals surface area contributed by atoms with Crippen LogP contribution >= 0.6 is 23.1 Å². The standard InChI is InChI=1S/C12H18ClN3O2S/c13-11-10(14-15-19-11)8-16-4-2-12(3-5-16)7-9(17)1-6-18-12/h9,17H,1-8H2. The highest BCUT2D eigenvalue weighted by molar-refractivity contribution is 7.10. The zero-order valence-corrected chi connectivity index (χ0v) is 12.3. The van der Waals surface area contributed by atoms with Gasteiger partial charge in [0.15, 0.2) is 0 Å².